The van der Waals surface area contributed by atoms with Gasteiger partial charge in [-0.05, 0) is 69.1 Å². The molecule has 0 atom stereocenters. The second-order valence-corrected chi connectivity index (χ2v) is 11.2. The molecule has 4 aliphatic carbocycles. The molecular weight excluding hydrogens is 366 g/mol. The second kappa shape index (κ2) is 7.03. The van der Waals surface area contributed by atoms with Gasteiger partial charge in [0.2, 0.25) is 21.8 Å². The van der Waals surface area contributed by atoms with Crippen molar-refractivity contribution in [1.82, 2.24) is 14.9 Å². The van der Waals surface area contributed by atoms with E-state index >= 15 is 0 Å². The summed E-state index contributed by atoms with van der Waals surface area (Å²) in [5.41, 5.74) is -0.221. The van der Waals surface area contributed by atoms with Crippen molar-refractivity contribution in [1.29, 1.82) is 0 Å². The van der Waals surface area contributed by atoms with Crippen LogP contribution in [0.4, 0.5) is 0 Å². The normalized spacial score (nSPS) is 36.0. The first-order valence-electron chi connectivity index (χ1n) is 10.3. The number of piperidine rings is 1. The van der Waals surface area contributed by atoms with E-state index < -0.39 is 10.0 Å². The minimum absolute atomic E-state index is 0.0603. The number of nitrogens with zero attached hydrogens (tertiary/aromatic N) is 1. The van der Waals surface area contributed by atoms with Crippen LogP contribution in [0.2, 0.25) is 0 Å². The fraction of sp³-hybridized carbons (Fsp3) is 0.895. The molecule has 152 valence electrons. The first-order chi connectivity index (χ1) is 12.7. The Bertz CT molecular complexity index is 677. The van der Waals surface area contributed by atoms with E-state index in [2.05, 4.69) is 10.0 Å². The largest absolute Gasteiger partial charge is 0.347 e. The number of carbonyl (C=O) groups is 2. The van der Waals surface area contributed by atoms with Crippen LogP contribution in [0.5, 0.6) is 0 Å². The Morgan fingerprint density at radius 3 is 2.00 bits per heavy atom. The summed E-state index contributed by atoms with van der Waals surface area (Å²) < 4.78 is 25.2. The summed E-state index contributed by atoms with van der Waals surface area (Å²) in [6.07, 6.45) is 9.27. The minimum Gasteiger partial charge on any atom is -0.347 e. The highest BCUT2D eigenvalue weighted by Crippen LogP contribution is 2.60. The predicted molar refractivity (Wildman–Crippen MR) is 101 cm³/mol. The Balaban J connectivity index is 1.26. The van der Waals surface area contributed by atoms with Crippen LogP contribution in [0.3, 0.4) is 0 Å². The summed E-state index contributed by atoms with van der Waals surface area (Å²) in [5, 5.41) is 2.94. The average Bonchev–Trinajstić information content (AvgIpc) is 2.57. The summed E-state index contributed by atoms with van der Waals surface area (Å²) in [6.45, 7) is 1.11. The highest BCUT2D eigenvalue weighted by Gasteiger charge is 2.54. The third-order valence-corrected chi connectivity index (χ3v) is 7.91. The molecule has 2 N–H and O–H groups in total. The van der Waals surface area contributed by atoms with Gasteiger partial charge >= 0.3 is 0 Å². The second-order valence-electron chi connectivity index (χ2n) is 9.43. The lowest BCUT2D eigenvalue weighted by molar-refractivity contribution is -0.148. The van der Waals surface area contributed by atoms with Gasteiger partial charge in [0.1, 0.15) is 0 Å². The monoisotopic (exact) mass is 397 g/mol. The van der Waals surface area contributed by atoms with Crippen molar-refractivity contribution in [3.8, 4) is 0 Å². The molecule has 4 saturated carbocycles. The van der Waals surface area contributed by atoms with Crippen molar-refractivity contribution < 1.29 is 18.0 Å². The van der Waals surface area contributed by atoms with Gasteiger partial charge in [-0.2, -0.15) is 0 Å². The topological polar surface area (TPSA) is 95.6 Å². The molecule has 2 amide bonds. The Morgan fingerprint density at radius 2 is 1.52 bits per heavy atom. The van der Waals surface area contributed by atoms with Crippen molar-refractivity contribution in [2.45, 2.75) is 57.4 Å². The van der Waals surface area contributed by atoms with E-state index in [1.807, 2.05) is 0 Å². The Hall–Kier alpha value is -1.15. The number of rotatable bonds is 5. The van der Waals surface area contributed by atoms with Gasteiger partial charge in [-0.25, -0.2) is 13.1 Å². The van der Waals surface area contributed by atoms with Gasteiger partial charge < -0.3 is 10.2 Å². The molecule has 1 aliphatic heterocycles. The highest BCUT2D eigenvalue weighted by molar-refractivity contribution is 7.88. The predicted octanol–water partition coefficient (Wildman–Crippen LogP) is 0.859. The van der Waals surface area contributed by atoms with E-state index in [-0.39, 0.29) is 29.8 Å². The summed E-state index contributed by atoms with van der Waals surface area (Å²) >= 11 is 0. The van der Waals surface area contributed by atoms with Crippen LogP contribution in [0.25, 0.3) is 0 Å². The molecule has 0 spiro atoms. The van der Waals surface area contributed by atoms with Crippen LogP contribution in [-0.4, -0.2) is 57.1 Å². The number of hydrogen-bond donors (Lipinski definition) is 2. The lowest BCUT2D eigenvalue weighted by atomic mass is 9.49. The standard InChI is InChI=1S/C19H31N3O4S/c1-27(25,26)21-16-2-4-22(5-3-16)17(23)12-20-18(24)19-9-13-6-14(10-19)8-15(7-13)11-19/h13-16,21H,2-12H2,1H3,(H,20,24). The molecule has 0 aromatic heterocycles. The number of sulfonamides is 1. The van der Waals surface area contributed by atoms with E-state index in [0.29, 0.717) is 43.7 Å². The van der Waals surface area contributed by atoms with Crippen LogP contribution in [-0.2, 0) is 19.6 Å². The SMILES string of the molecule is CS(=O)(=O)NC1CCN(C(=O)CNC(=O)C23CC4CC(CC(C4)C2)C3)CC1. The van der Waals surface area contributed by atoms with E-state index in [1.165, 1.54) is 19.3 Å². The van der Waals surface area contributed by atoms with Crippen LogP contribution in [0.15, 0.2) is 0 Å². The van der Waals surface area contributed by atoms with Crippen molar-refractivity contribution in [2.75, 3.05) is 25.9 Å². The highest BCUT2D eigenvalue weighted by atomic mass is 32.2. The van der Waals surface area contributed by atoms with E-state index in [0.717, 1.165) is 25.5 Å². The first-order valence-corrected chi connectivity index (χ1v) is 12.1. The summed E-state index contributed by atoms with van der Waals surface area (Å²) in [7, 11) is -3.22. The molecule has 27 heavy (non-hydrogen) atoms. The van der Waals surface area contributed by atoms with E-state index in [1.54, 1.807) is 4.90 Å². The van der Waals surface area contributed by atoms with Crippen LogP contribution in [0, 0.1) is 23.2 Å². The number of amides is 2. The van der Waals surface area contributed by atoms with Crippen molar-refractivity contribution >= 4 is 21.8 Å². The van der Waals surface area contributed by atoms with Crippen molar-refractivity contribution in [3.63, 3.8) is 0 Å². The molecule has 7 nitrogen and oxygen atoms in total. The molecule has 1 heterocycles. The molecule has 0 unspecified atom stereocenters. The van der Waals surface area contributed by atoms with Gasteiger partial charge in [-0.1, -0.05) is 0 Å². The zero-order chi connectivity index (χ0) is 19.2. The molecule has 5 rings (SSSR count). The van der Waals surface area contributed by atoms with E-state index in [9.17, 15) is 18.0 Å². The molecule has 5 aliphatic rings. The third kappa shape index (κ3) is 4.16. The fourth-order valence-corrected chi connectivity index (χ4v) is 7.23. The third-order valence-electron chi connectivity index (χ3n) is 7.15. The number of likely N-dealkylation sites (tertiary alicyclic amines) is 1. The molecule has 8 heteroatoms. The number of carbonyl (C=O) groups excluding carboxylic acids is 2. The van der Waals surface area contributed by atoms with Crippen molar-refractivity contribution in [2.24, 2.45) is 23.2 Å². The van der Waals surface area contributed by atoms with Crippen molar-refractivity contribution in [3.05, 3.63) is 0 Å². The average molecular weight is 398 g/mol. The maximum Gasteiger partial charge on any atom is 0.241 e. The Labute approximate surface area is 161 Å². The van der Waals surface area contributed by atoms with Gasteiger partial charge in [0.15, 0.2) is 0 Å². The maximum atomic E-state index is 12.9. The lowest BCUT2D eigenvalue weighted by Gasteiger charge is -2.55. The molecule has 4 bridgehead atoms. The van der Waals surface area contributed by atoms with E-state index in [4.69, 9.17) is 0 Å². The summed E-state index contributed by atoms with van der Waals surface area (Å²) in [4.78, 5) is 27.2. The maximum absolute atomic E-state index is 12.9. The summed E-state index contributed by atoms with van der Waals surface area (Å²) in [6, 6.07) is -0.106. The van der Waals surface area contributed by atoms with Gasteiger partial charge in [-0.3, -0.25) is 9.59 Å². The molecule has 5 fully saturated rings. The van der Waals surface area contributed by atoms with Gasteiger partial charge in [0.05, 0.1) is 12.8 Å². The first kappa shape index (κ1) is 19.2. The Kier molecular flexibility index (Phi) is 4.99. The fourth-order valence-electron chi connectivity index (χ4n) is 6.39. The number of nitrogens with one attached hydrogen (secondary N) is 2. The zero-order valence-electron chi connectivity index (χ0n) is 16.1. The molecule has 1 saturated heterocycles. The number of hydrogen-bond acceptors (Lipinski definition) is 4. The van der Waals surface area contributed by atoms with Gasteiger partial charge in [-0.15, -0.1) is 0 Å². The molecule has 0 aromatic carbocycles. The van der Waals surface area contributed by atoms with Gasteiger partial charge in [0, 0.05) is 24.5 Å². The smallest absolute Gasteiger partial charge is 0.241 e. The van der Waals surface area contributed by atoms with Crippen LogP contribution < -0.4 is 10.0 Å². The van der Waals surface area contributed by atoms with Crippen LogP contribution in [0.1, 0.15) is 51.4 Å². The zero-order valence-corrected chi connectivity index (χ0v) is 16.9. The van der Waals surface area contributed by atoms with Gasteiger partial charge in [0.25, 0.3) is 0 Å². The quantitative estimate of drug-likeness (QED) is 0.719. The van der Waals surface area contributed by atoms with Crippen LogP contribution >= 0.6 is 0 Å². The lowest BCUT2D eigenvalue weighted by Crippen LogP contribution is -2.55. The molecule has 0 radical (unpaired) electrons. The summed E-state index contributed by atoms with van der Waals surface area (Å²) in [5.74, 6) is 2.15. The minimum atomic E-state index is -3.22. The molecule has 0 aromatic rings. The molecular formula is C19H31N3O4S. The Morgan fingerprint density at radius 1 is 1.00 bits per heavy atom.